The monoisotopic (exact) mass is 303 g/mol. The molecule has 0 unspecified atom stereocenters. The van der Waals surface area contributed by atoms with Gasteiger partial charge < -0.3 is 14.9 Å². The molecule has 0 radical (unpaired) electrons. The molecule has 0 aromatic carbocycles. The summed E-state index contributed by atoms with van der Waals surface area (Å²) >= 11 is 0. The lowest BCUT2D eigenvalue weighted by Gasteiger charge is -2.07. The van der Waals surface area contributed by atoms with E-state index >= 15 is 0 Å². The van der Waals surface area contributed by atoms with Crippen molar-refractivity contribution >= 4 is 11.5 Å². The van der Waals surface area contributed by atoms with E-state index in [1.54, 1.807) is 36.8 Å². The number of anilines is 1. The van der Waals surface area contributed by atoms with Gasteiger partial charge in [-0.15, -0.1) is 0 Å². The Hall–Kier alpha value is -3.41. The van der Waals surface area contributed by atoms with Gasteiger partial charge in [-0.1, -0.05) is 0 Å². The fraction of sp³-hybridized carbons (Fsp3) is 0. The van der Waals surface area contributed by atoms with Gasteiger partial charge in [-0.2, -0.15) is 0 Å². The number of ether oxygens (including phenoxy) is 1. The Kier molecular flexibility index (Phi) is 3.12. The first-order valence-corrected chi connectivity index (χ1v) is 7.06. The van der Waals surface area contributed by atoms with Gasteiger partial charge in [0.15, 0.2) is 0 Å². The van der Waals surface area contributed by atoms with Crippen molar-refractivity contribution < 1.29 is 4.74 Å². The second-order valence-electron chi connectivity index (χ2n) is 5.01. The topological polar surface area (TPSA) is 78.3 Å². The lowest BCUT2D eigenvalue weighted by atomic mass is 10.2. The van der Waals surface area contributed by atoms with Gasteiger partial charge in [-0.05, 0) is 30.3 Å². The SMILES string of the molecule is Nc1ccc(Oc2ccnc(-c3ccn4ccnc4c3)c2)cn1. The number of pyridine rings is 3. The van der Waals surface area contributed by atoms with Crippen molar-refractivity contribution in [2.45, 2.75) is 0 Å². The Labute approximate surface area is 132 Å². The number of nitrogen functional groups attached to an aromatic ring is 1. The molecule has 4 aromatic rings. The van der Waals surface area contributed by atoms with E-state index in [0.717, 1.165) is 16.9 Å². The van der Waals surface area contributed by atoms with Gasteiger partial charge in [-0.25, -0.2) is 9.97 Å². The van der Waals surface area contributed by atoms with Crippen molar-refractivity contribution in [3.05, 3.63) is 67.4 Å². The number of rotatable bonds is 3. The first kappa shape index (κ1) is 13.3. The highest BCUT2D eigenvalue weighted by Crippen LogP contribution is 2.26. The van der Waals surface area contributed by atoms with Crippen LogP contribution in [0.25, 0.3) is 16.9 Å². The summed E-state index contributed by atoms with van der Waals surface area (Å²) in [6, 6.07) is 11.1. The van der Waals surface area contributed by atoms with Crippen LogP contribution in [0.3, 0.4) is 0 Å². The van der Waals surface area contributed by atoms with Crippen LogP contribution in [-0.4, -0.2) is 19.4 Å². The maximum absolute atomic E-state index is 5.79. The molecule has 6 nitrogen and oxygen atoms in total. The van der Waals surface area contributed by atoms with Gasteiger partial charge in [0.05, 0.1) is 11.9 Å². The van der Waals surface area contributed by atoms with Crippen molar-refractivity contribution in [2.24, 2.45) is 0 Å². The van der Waals surface area contributed by atoms with Crippen LogP contribution >= 0.6 is 0 Å². The van der Waals surface area contributed by atoms with E-state index in [1.807, 2.05) is 35.0 Å². The molecule has 0 aliphatic carbocycles. The lowest BCUT2D eigenvalue weighted by Crippen LogP contribution is -1.92. The third-order valence-electron chi connectivity index (χ3n) is 3.42. The van der Waals surface area contributed by atoms with Crippen molar-refractivity contribution in [1.29, 1.82) is 0 Å². The summed E-state index contributed by atoms with van der Waals surface area (Å²) in [5, 5.41) is 0. The molecule has 6 heteroatoms. The predicted molar refractivity (Wildman–Crippen MR) is 87.1 cm³/mol. The second kappa shape index (κ2) is 5.42. The van der Waals surface area contributed by atoms with Crippen LogP contribution in [0.2, 0.25) is 0 Å². The van der Waals surface area contributed by atoms with E-state index in [1.165, 1.54) is 0 Å². The summed E-state index contributed by atoms with van der Waals surface area (Å²) in [5.74, 6) is 1.77. The molecule has 0 aliphatic heterocycles. The van der Waals surface area contributed by atoms with Crippen LogP contribution in [0.15, 0.2) is 67.4 Å². The molecule has 0 fully saturated rings. The molecule has 0 amide bonds. The average molecular weight is 303 g/mol. The van der Waals surface area contributed by atoms with E-state index in [9.17, 15) is 0 Å². The standard InChI is InChI=1S/C17H13N5O/c18-16-2-1-14(11-21-16)23-13-3-5-19-15(10-13)12-4-7-22-8-6-20-17(22)9-12/h1-11H,(H2,18,21). The van der Waals surface area contributed by atoms with Gasteiger partial charge in [-0.3, -0.25) is 4.98 Å². The first-order valence-electron chi connectivity index (χ1n) is 7.06. The lowest BCUT2D eigenvalue weighted by molar-refractivity contribution is 0.480. The maximum Gasteiger partial charge on any atom is 0.145 e. The Morgan fingerprint density at radius 1 is 0.870 bits per heavy atom. The predicted octanol–water partition coefficient (Wildman–Crippen LogP) is 3.17. The van der Waals surface area contributed by atoms with Crippen LogP contribution in [0.4, 0.5) is 5.82 Å². The number of hydrogen-bond acceptors (Lipinski definition) is 5. The highest BCUT2D eigenvalue weighted by atomic mass is 16.5. The zero-order valence-corrected chi connectivity index (χ0v) is 12.1. The van der Waals surface area contributed by atoms with Gasteiger partial charge >= 0.3 is 0 Å². The van der Waals surface area contributed by atoms with E-state index in [4.69, 9.17) is 10.5 Å². The number of fused-ring (bicyclic) bond motifs is 1. The van der Waals surface area contributed by atoms with Crippen LogP contribution in [0.1, 0.15) is 0 Å². The maximum atomic E-state index is 5.79. The van der Waals surface area contributed by atoms with Crippen molar-refractivity contribution in [3.63, 3.8) is 0 Å². The minimum absolute atomic E-state index is 0.459. The van der Waals surface area contributed by atoms with E-state index in [2.05, 4.69) is 15.0 Å². The minimum Gasteiger partial charge on any atom is -0.456 e. The molecule has 112 valence electrons. The zero-order valence-electron chi connectivity index (χ0n) is 12.1. The zero-order chi connectivity index (χ0) is 15.6. The Bertz CT molecular complexity index is 962. The van der Waals surface area contributed by atoms with E-state index in [0.29, 0.717) is 17.3 Å². The molecule has 0 bridgehead atoms. The third kappa shape index (κ3) is 2.69. The third-order valence-corrected chi connectivity index (χ3v) is 3.42. The minimum atomic E-state index is 0.459. The quantitative estimate of drug-likeness (QED) is 0.629. The van der Waals surface area contributed by atoms with Crippen LogP contribution < -0.4 is 10.5 Å². The second-order valence-corrected chi connectivity index (χ2v) is 5.01. The Balaban J connectivity index is 1.66. The molecule has 0 spiro atoms. The summed E-state index contributed by atoms with van der Waals surface area (Å²) in [7, 11) is 0. The van der Waals surface area contributed by atoms with E-state index in [-0.39, 0.29) is 0 Å². The molecule has 23 heavy (non-hydrogen) atoms. The smallest absolute Gasteiger partial charge is 0.145 e. The normalized spacial score (nSPS) is 10.8. The fourth-order valence-corrected chi connectivity index (χ4v) is 2.29. The van der Waals surface area contributed by atoms with E-state index < -0.39 is 0 Å². The summed E-state index contributed by atoms with van der Waals surface area (Å²) in [4.78, 5) is 12.7. The summed E-state index contributed by atoms with van der Waals surface area (Å²) in [6.45, 7) is 0. The van der Waals surface area contributed by atoms with Gasteiger partial charge in [0.1, 0.15) is 23.0 Å². The van der Waals surface area contributed by atoms with Gasteiger partial charge in [0.25, 0.3) is 0 Å². The largest absolute Gasteiger partial charge is 0.456 e. The van der Waals surface area contributed by atoms with Gasteiger partial charge in [0.2, 0.25) is 0 Å². The molecule has 4 rings (SSSR count). The highest BCUT2D eigenvalue weighted by molar-refractivity contribution is 5.65. The van der Waals surface area contributed by atoms with Crippen LogP contribution in [0, 0.1) is 0 Å². The molecular formula is C17H13N5O. The summed E-state index contributed by atoms with van der Waals surface area (Å²) < 4.78 is 7.74. The van der Waals surface area contributed by atoms with Crippen LogP contribution in [0.5, 0.6) is 11.5 Å². The number of hydrogen-bond donors (Lipinski definition) is 1. The molecule has 4 aromatic heterocycles. The summed E-state index contributed by atoms with van der Waals surface area (Å²) in [6.07, 6.45) is 8.92. The van der Waals surface area contributed by atoms with Gasteiger partial charge in [0, 0.05) is 36.4 Å². The summed E-state index contributed by atoms with van der Waals surface area (Å²) in [5.41, 5.74) is 8.24. The average Bonchev–Trinajstić information content (AvgIpc) is 3.05. The number of aromatic nitrogens is 4. The molecule has 2 N–H and O–H groups in total. The molecule has 0 aliphatic rings. The number of nitrogens with two attached hydrogens (primary N) is 1. The molecule has 0 atom stereocenters. The number of imidazole rings is 1. The number of nitrogens with zero attached hydrogens (tertiary/aromatic N) is 4. The highest BCUT2D eigenvalue weighted by Gasteiger charge is 2.05. The fourth-order valence-electron chi connectivity index (χ4n) is 2.29. The van der Waals surface area contributed by atoms with Crippen molar-refractivity contribution in [3.8, 4) is 22.8 Å². The van der Waals surface area contributed by atoms with Crippen LogP contribution in [-0.2, 0) is 0 Å². The first-order chi connectivity index (χ1) is 11.3. The molecule has 0 saturated heterocycles. The molecular weight excluding hydrogens is 290 g/mol. The molecule has 0 saturated carbocycles. The van der Waals surface area contributed by atoms with Crippen molar-refractivity contribution in [2.75, 3.05) is 5.73 Å². The Morgan fingerprint density at radius 3 is 2.70 bits per heavy atom. The molecule has 4 heterocycles. The van der Waals surface area contributed by atoms with Crippen molar-refractivity contribution in [1.82, 2.24) is 19.4 Å². The Morgan fingerprint density at radius 2 is 1.83 bits per heavy atom.